The molecule has 202 valence electrons. The zero-order valence-corrected chi connectivity index (χ0v) is 15.5. The zero-order chi connectivity index (χ0) is 28.0. The van der Waals surface area contributed by atoms with E-state index in [0.717, 1.165) is 0 Å². The summed E-state index contributed by atoms with van der Waals surface area (Å²) in [6.07, 6.45) is -13.8. The molecule has 0 aromatic rings. The lowest BCUT2D eigenvalue weighted by atomic mass is 9.88. The van der Waals surface area contributed by atoms with Crippen LogP contribution in [-0.2, 0) is 9.53 Å². The Balaban J connectivity index is 6.39. The van der Waals surface area contributed by atoms with E-state index in [2.05, 4.69) is 11.3 Å². The Bertz CT molecular complexity index is 755. The third-order valence-corrected chi connectivity index (χ3v) is 3.86. The Morgan fingerprint density at radius 3 is 1.32 bits per heavy atom. The molecule has 0 heterocycles. The van der Waals surface area contributed by atoms with Crippen molar-refractivity contribution in [2.24, 2.45) is 0 Å². The van der Waals surface area contributed by atoms with Crippen LogP contribution in [0, 0.1) is 0 Å². The van der Waals surface area contributed by atoms with Gasteiger partial charge < -0.3 is 9.84 Å². The summed E-state index contributed by atoms with van der Waals surface area (Å²) < 4.78 is 226. The van der Waals surface area contributed by atoms with Crippen molar-refractivity contribution in [3.05, 3.63) is 12.7 Å². The number of hydrogen-bond donors (Lipinski definition) is 1. The van der Waals surface area contributed by atoms with Crippen LogP contribution in [0.1, 0.15) is 6.42 Å². The highest BCUT2D eigenvalue weighted by molar-refractivity contribution is 5.81. The molecule has 0 unspecified atom stereocenters. The predicted molar refractivity (Wildman–Crippen MR) is 72.5 cm³/mol. The van der Waals surface area contributed by atoms with Gasteiger partial charge in [0.2, 0.25) is 0 Å². The molecule has 1 N–H and O–H groups in total. The second kappa shape index (κ2) is 8.89. The molecule has 1 atom stereocenters. The maximum absolute atomic E-state index is 13.5. The van der Waals surface area contributed by atoms with Crippen molar-refractivity contribution in [2.75, 3.05) is 6.61 Å². The summed E-state index contributed by atoms with van der Waals surface area (Å²) in [5.41, 5.74) is 0. The van der Waals surface area contributed by atoms with E-state index >= 15 is 0 Å². The van der Waals surface area contributed by atoms with Crippen LogP contribution in [0.4, 0.5) is 74.6 Å². The van der Waals surface area contributed by atoms with Crippen molar-refractivity contribution in [2.45, 2.75) is 60.2 Å². The lowest BCUT2D eigenvalue weighted by Gasteiger charge is -2.43. The second-order valence-electron chi connectivity index (χ2n) is 6.34. The van der Waals surface area contributed by atoms with Crippen molar-refractivity contribution in [1.82, 2.24) is 0 Å². The fourth-order valence-corrected chi connectivity index (χ4v) is 1.92. The lowest BCUT2D eigenvalue weighted by molar-refractivity contribution is -0.462. The highest BCUT2D eigenvalue weighted by Gasteiger charge is 2.95. The molecule has 0 saturated carbocycles. The number of carbonyl (C=O) groups excluding carboxylic acids is 1. The molecule has 0 bridgehead atoms. The van der Waals surface area contributed by atoms with Gasteiger partial charge in [0.15, 0.2) is 0 Å². The number of aliphatic hydroxyl groups is 1. The number of rotatable bonds is 11. The summed E-state index contributed by atoms with van der Waals surface area (Å²) in [5.74, 6) is -58.9. The first-order valence-corrected chi connectivity index (χ1v) is 7.78. The molecular formula is C14H9F17O3. The molecule has 0 aromatic heterocycles. The Labute approximate surface area is 176 Å². The minimum absolute atomic E-state index is 0.285. The zero-order valence-electron chi connectivity index (χ0n) is 15.5. The molecule has 0 aliphatic rings. The summed E-state index contributed by atoms with van der Waals surface area (Å²) in [5, 5.41) is 9.00. The molecule has 34 heavy (non-hydrogen) atoms. The van der Waals surface area contributed by atoms with Gasteiger partial charge in [-0.05, 0) is 0 Å². The van der Waals surface area contributed by atoms with E-state index in [-0.39, 0.29) is 6.08 Å². The largest absolute Gasteiger partial charge is 0.460 e. The molecular weight excluding hydrogens is 539 g/mol. The van der Waals surface area contributed by atoms with Gasteiger partial charge in [0.25, 0.3) is 0 Å². The summed E-state index contributed by atoms with van der Waals surface area (Å²) in [6.45, 7) is 0.978. The third kappa shape index (κ3) is 4.73. The van der Waals surface area contributed by atoms with Crippen molar-refractivity contribution in [1.29, 1.82) is 0 Å². The lowest BCUT2D eigenvalue weighted by Crippen LogP contribution is -2.74. The summed E-state index contributed by atoms with van der Waals surface area (Å²) >= 11 is 0. The SMILES string of the molecule is C=CC(=O)OC[C@H](O)CC(F)(F)C(F)(F)C(F)(F)C(F)(F)C(F)(F)C(F)(F)C(F)(F)C(F)(F)F. The van der Waals surface area contributed by atoms with Crippen LogP contribution in [0.5, 0.6) is 0 Å². The first-order valence-electron chi connectivity index (χ1n) is 7.78. The summed E-state index contributed by atoms with van der Waals surface area (Å²) in [4.78, 5) is 10.6. The van der Waals surface area contributed by atoms with Gasteiger partial charge in [-0.25, -0.2) is 4.79 Å². The van der Waals surface area contributed by atoms with Crippen molar-refractivity contribution < 1.29 is 89.3 Å². The van der Waals surface area contributed by atoms with Crippen LogP contribution in [0.25, 0.3) is 0 Å². The number of esters is 1. The maximum Gasteiger partial charge on any atom is 0.460 e. The number of halogens is 17. The van der Waals surface area contributed by atoms with Crippen LogP contribution in [0.3, 0.4) is 0 Å². The van der Waals surface area contributed by atoms with Gasteiger partial charge in [-0.15, -0.1) is 0 Å². The van der Waals surface area contributed by atoms with Crippen LogP contribution in [0.2, 0.25) is 0 Å². The molecule has 0 aliphatic heterocycles. The van der Waals surface area contributed by atoms with E-state index in [1.807, 2.05) is 0 Å². The van der Waals surface area contributed by atoms with Crippen molar-refractivity contribution in [3.8, 4) is 0 Å². The maximum atomic E-state index is 13.5. The van der Waals surface area contributed by atoms with E-state index in [1.54, 1.807) is 0 Å². The van der Waals surface area contributed by atoms with Gasteiger partial charge >= 0.3 is 53.6 Å². The molecule has 0 saturated heterocycles. The molecule has 0 amide bonds. The van der Waals surface area contributed by atoms with Crippen molar-refractivity contribution >= 4 is 5.97 Å². The molecule has 0 aliphatic carbocycles. The molecule has 0 aromatic carbocycles. The molecule has 3 nitrogen and oxygen atoms in total. The number of ether oxygens (including phenoxy) is 1. The highest BCUT2D eigenvalue weighted by Crippen LogP contribution is 2.64. The first kappa shape index (κ1) is 32.0. The van der Waals surface area contributed by atoms with Gasteiger partial charge in [0, 0.05) is 12.5 Å². The molecule has 0 radical (unpaired) electrons. The van der Waals surface area contributed by atoms with E-state index < -0.39 is 72.7 Å². The second-order valence-corrected chi connectivity index (χ2v) is 6.34. The first-order chi connectivity index (χ1) is 14.6. The summed E-state index contributed by atoms with van der Waals surface area (Å²) in [6, 6.07) is 0. The summed E-state index contributed by atoms with van der Waals surface area (Å²) in [7, 11) is 0. The number of aliphatic hydroxyl groups excluding tert-OH is 1. The van der Waals surface area contributed by atoms with E-state index in [4.69, 9.17) is 5.11 Å². The number of carbonyl (C=O) groups is 1. The predicted octanol–water partition coefficient (Wildman–Crippen LogP) is 5.48. The topological polar surface area (TPSA) is 46.5 Å². The Morgan fingerprint density at radius 1 is 0.676 bits per heavy atom. The molecule has 20 heteroatoms. The molecule has 0 spiro atoms. The van der Waals surface area contributed by atoms with Crippen LogP contribution in [0.15, 0.2) is 12.7 Å². The van der Waals surface area contributed by atoms with Gasteiger partial charge in [-0.2, -0.15) is 74.6 Å². The standard InChI is InChI=1S/C14H9F17O3/c1-2-6(33)34-4-5(32)3-7(15,16)8(17,18)9(19,20)10(21,22)11(23,24)12(25,26)13(27,28)14(29,30)31/h2,5,32H,1,3-4H2/t5-/m1/s1. The number of hydrogen-bond acceptors (Lipinski definition) is 3. The monoisotopic (exact) mass is 548 g/mol. The number of alkyl halides is 17. The van der Waals surface area contributed by atoms with Gasteiger partial charge in [0.1, 0.15) is 6.61 Å². The Kier molecular flexibility index (Phi) is 8.36. The minimum atomic E-state index is -8.72. The van der Waals surface area contributed by atoms with Crippen LogP contribution in [-0.4, -0.2) is 71.4 Å². The van der Waals surface area contributed by atoms with E-state index in [1.165, 1.54) is 0 Å². The minimum Gasteiger partial charge on any atom is -0.460 e. The van der Waals surface area contributed by atoms with Crippen molar-refractivity contribution in [3.63, 3.8) is 0 Å². The molecule has 0 fully saturated rings. The van der Waals surface area contributed by atoms with E-state index in [9.17, 15) is 79.4 Å². The van der Waals surface area contributed by atoms with E-state index in [0.29, 0.717) is 0 Å². The highest BCUT2D eigenvalue weighted by atomic mass is 19.4. The Hall–Kier alpha value is -2.02. The van der Waals surface area contributed by atoms with Crippen LogP contribution >= 0.6 is 0 Å². The average Bonchev–Trinajstić information content (AvgIpc) is 2.63. The van der Waals surface area contributed by atoms with Gasteiger partial charge in [-0.1, -0.05) is 6.58 Å². The smallest absolute Gasteiger partial charge is 0.460 e. The quantitative estimate of drug-likeness (QED) is 0.212. The van der Waals surface area contributed by atoms with Gasteiger partial charge in [0.05, 0.1) is 6.10 Å². The average molecular weight is 548 g/mol. The fourth-order valence-electron chi connectivity index (χ4n) is 1.92. The normalized spacial score (nSPS) is 16.3. The fraction of sp³-hybridized carbons (Fsp3) is 0.786. The molecule has 0 rings (SSSR count). The Morgan fingerprint density at radius 2 is 1.00 bits per heavy atom. The van der Waals surface area contributed by atoms with Gasteiger partial charge in [-0.3, -0.25) is 0 Å². The van der Waals surface area contributed by atoms with Crippen LogP contribution < -0.4 is 0 Å². The third-order valence-electron chi connectivity index (χ3n) is 3.86.